The Morgan fingerprint density at radius 2 is 0.926 bits per heavy atom. The molecule has 0 N–H and O–H groups in total. The largest absolute Gasteiger partial charge is 0.465 e. The molecule has 2 heteroatoms. The number of unbranched alkanes of at least 4 members (excludes halogenated alkanes) is 14. The molecule has 27 heavy (non-hydrogen) atoms. The molecule has 1 atom stereocenters. The van der Waals surface area contributed by atoms with E-state index in [1.165, 1.54) is 103 Å². The fourth-order valence-corrected chi connectivity index (χ4v) is 3.72. The lowest BCUT2D eigenvalue weighted by atomic mass is 9.94. The highest BCUT2D eigenvalue weighted by atomic mass is 16.5. The van der Waals surface area contributed by atoms with E-state index in [9.17, 15) is 4.79 Å². The number of ether oxygens (including phenoxy) is 1. The van der Waals surface area contributed by atoms with E-state index in [-0.39, 0.29) is 11.9 Å². The van der Waals surface area contributed by atoms with Crippen LogP contribution in [0.4, 0.5) is 0 Å². The van der Waals surface area contributed by atoms with Crippen LogP contribution in [0.3, 0.4) is 0 Å². The van der Waals surface area contributed by atoms with Gasteiger partial charge in [-0.2, -0.15) is 0 Å². The van der Waals surface area contributed by atoms with E-state index in [0.29, 0.717) is 6.61 Å². The van der Waals surface area contributed by atoms with Crippen LogP contribution in [0, 0.1) is 5.92 Å². The van der Waals surface area contributed by atoms with Gasteiger partial charge in [0.05, 0.1) is 12.5 Å². The zero-order valence-corrected chi connectivity index (χ0v) is 19.0. The van der Waals surface area contributed by atoms with Gasteiger partial charge in [-0.1, -0.05) is 124 Å². The normalized spacial score (nSPS) is 12.3. The highest BCUT2D eigenvalue weighted by Crippen LogP contribution is 2.21. The molecule has 0 aromatic rings. The Hall–Kier alpha value is -0.530. The lowest BCUT2D eigenvalue weighted by Crippen LogP contribution is -2.18. The highest BCUT2D eigenvalue weighted by molar-refractivity contribution is 5.72. The van der Waals surface area contributed by atoms with E-state index in [4.69, 9.17) is 4.74 Å². The average Bonchev–Trinajstić information content (AvgIpc) is 2.68. The molecule has 0 fully saturated rings. The van der Waals surface area contributed by atoms with Crippen LogP contribution >= 0.6 is 0 Å². The molecule has 0 saturated heterocycles. The molecule has 162 valence electrons. The number of carbonyl (C=O) groups is 1. The Bertz CT molecular complexity index is 301. The van der Waals surface area contributed by atoms with Crippen molar-refractivity contribution < 1.29 is 9.53 Å². The summed E-state index contributed by atoms with van der Waals surface area (Å²) in [7, 11) is 0. The van der Waals surface area contributed by atoms with Gasteiger partial charge in [0.25, 0.3) is 0 Å². The third-order valence-electron chi connectivity index (χ3n) is 5.64. The third kappa shape index (κ3) is 18.6. The first-order chi connectivity index (χ1) is 13.3. The van der Waals surface area contributed by atoms with Gasteiger partial charge in [-0.05, 0) is 19.3 Å². The van der Waals surface area contributed by atoms with Gasteiger partial charge in [-0.25, -0.2) is 0 Å². The second kappa shape index (κ2) is 21.8. The smallest absolute Gasteiger partial charge is 0.308 e. The maximum atomic E-state index is 12.5. The Morgan fingerprint density at radius 1 is 0.556 bits per heavy atom. The molecule has 0 aromatic carbocycles. The van der Waals surface area contributed by atoms with Crippen LogP contribution in [0.1, 0.15) is 143 Å². The van der Waals surface area contributed by atoms with Crippen molar-refractivity contribution in [3.63, 3.8) is 0 Å². The van der Waals surface area contributed by atoms with E-state index >= 15 is 0 Å². The van der Waals surface area contributed by atoms with Crippen molar-refractivity contribution in [3.05, 3.63) is 0 Å². The van der Waals surface area contributed by atoms with Gasteiger partial charge in [0.15, 0.2) is 0 Å². The minimum atomic E-state index is 0.0898. The second-order valence-corrected chi connectivity index (χ2v) is 8.39. The van der Waals surface area contributed by atoms with E-state index in [2.05, 4.69) is 20.8 Å². The van der Waals surface area contributed by atoms with Crippen LogP contribution in [0.25, 0.3) is 0 Å². The minimum absolute atomic E-state index is 0.0898. The molecule has 0 aliphatic carbocycles. The standard InChI is InChI=1S/C25H50O2/c1-4-7-10-13-14-16-19-22-24(21-18-15-11-8-5-2)25(26)27-23-20-17-12-9-6-3/h24H,4-23H2,1-3H3. The van der Waals surface area contributed by atoms with E-state index in [1.807, 2.05) is 0 Å². The van der Waals surface area contributed by atoms with Gasteiger partial charge in [-0.15, -0.1) is 0 Å². The van der Waals surface area contributed by atoms with Crippen molar-refractivity contribution in [3.8, 4) is 0 Å². The monoisotopic (exact) mass is 382 g/mol. The summed E-state index contributed by atoms with van der Waals surface area (Å²) in [5, 5.41) is 0. The Morgan fingerprint density at radius 3 is 1.37 bits per heavy atom. The predicted octanol–water partition coefficient (Wildman–Crippen LogP) is 8.62. The highest BCUT2D eigenvalue weighted by Gasteiger charge is 2.19. The quantitative estimate of drug-likeness (QED) is 0.147. The minimum Gasteiger partial charge on any atom is -0.465 e. The fourth-order valence-electron chi connectivity index (χ4n) is 3.72. The molecule has 0 radical (unpaired) electrons. The van der Waals surface area contributed by atoms with Crippen LogP contribution in [-0.4, -0.2) is 12.6 Å². The first kappa shape index (κ1) is 26.5. The van der Waals surface area contributed by atoms with Crippen molar-refractivity contribution >= 4 is 5.97 Å². The van der Waals surface area contributed by atoms with Crippen LogP contribution < -0.4 is 0 Å². The van der Waals surface area contributed by atoms with Crippen molar-refractivity contribution in [1.82, 2.24) is 0 Å². The zero-order valence-electron chi connectivity index (χ0n) is 19.0. The SMILES string of the molecule is CCCCCCCCCC(CCCCCCC)C(=O)OCCCCCCC. The molecule has 0 bridgehead atoms. The first-order valence-corrected chi connectivity index (χ1v) is 12.4. The van der Waals surface area contributed by atoms with Crippen molar-refractivity contribution in [2.45, 2.75) is 143 Å². The molecule has 1 unspecified atom stereocenters. The average molecular weight is 383 g/mol. The topological polar surface area (TPSA) is 26.3 Å². The predicted molar refractivity (Wildman–Crippen MR) is 119 cm³/mol. The van der Waals surface area contributed by atoms with Gasteiger partial charge in [0, 0.05) is 0 Å². The number of hydrogen-bond acceptors (Lipinski definition) is 2. The molecule has 0 saturated carbocycles. The molecule has 0 aromatic heterocycles. The Labute approximate surface area is 171 Å². The zero-order chi connectivity index (χ0) is 20.0. The third-order valence-corrected chi connectivity index (χ3v) is 5.64. The summed E-state index contributed by atoms with van der Waals surface area (Å²) in [5.74, 6) is 0.241. The van der Waals surface area contributed by atoms with Crippen LogP contribution in [0.2, 0.25) is 0 Å². The summed E-state index contributed by atoms with van der Waals surface area (Å²) in [4.78, 5) is 12.5. The second-order valence-electron chi connectivity index (χ2n) is 8.39. The summed E-state index contributed by atoms with van der Waals surface area (Å²) < 4.78 is 5.63. The summed E-state index contributed by atoms with van der Waals surface area (Å²) in [5.41, 5.74) is 0. The van der Waals surface area contributed by atoms with Gasteiger partial charge < -0.3 is 4.74 Å². The van der Waals surface area contributed by atoms with E-state index in [1.54, 1.807) is 0 Å². The maximum absolute atomic E-state index is 12.5. The maximum Gasteiger partial charge on any atom is 0.308 e. The lowest BCUT2D eigenvalue weighted by molar-refractivity contribution is -0.149. The van der Waals surface area contributed by atoms with Gasteiger partial charge in [-0.3, -0.25) is 4.79 Å². The molecular formula is C25H50O2. The lowest BCUT2D eigenvalue weighted by Gasteiger charge is -2.16. The molecule has 0 rings (SSSR count). The molecule has 0 spiro atoms. The first-order valence-electron chi connectivity index (χ1n) is 12.4. The molecule has 2 nitrogen and oxygen atoms in total. The molecular weight excluding hydrogens is 332 g/mol. The van der Waals surface area contributed by atoms with Crippen LogP contribution in [0.15, 0.2) is 0 Å². The van der Waals surface area contributed by atoms with Crippen molar-refractivity contribution in [2.24, 2.45) is 5.92 Å². The van der Waals surface area contributed by atoms with Crippen molar-refractivity contribution in [2.75, 3.05) is 6.61 Å². The molecule has 0 aliphatic rings. The Balaban J connectivity index is 4.00. The summed E-state index contributed by atoms with van der Waals surface area (Å²) in [6.45, 7) is 7.38. The fraction of sp³-hybridized carbons (Fsp3) is 0.960. The number of rotatable bonds is 21. The molecule has 0 heterocycles. The number of hydrogen-bond donors (Lipinski definition) is 0. The van der Waals surface area contributed by atoms with Crippen LogP contribution in [-0.2, 0) is 9.53 Å². The number of esters is 1. The molecule has 0 aliphatic heterocycles. The summed E-state index contributed by atoms with van der Waals surface area (Å²) in [6, 6.07) is 0. The van der Waals surface area contributed by atoms with Gasteiger partial charge >= 0.3 is 5.97 Å². The van der Waals surface area contributed by atoms with Gasteiger partial charge in [0.1, 0.15) is 0 Å². The summed E-state index contributed by atoms with van der Waals surface area (Å²) in [6.07, 6.45) is 23.7. The molecule has 0 amide bonds. The number of carbonyl (C=O) groups excluding carboxylic acids is 1. The van der Waals surface area contributed by atoms with Crippen LogP contribution in [0.5, 0.6) is 0 Å². The van der Waals surface area contributed by atoms with E-state index < -0.39 is 0 Å². The Kier molecular flexibility index (Phi) is 21.3. The summed E-state index contributed by atoms with van der Waals surface area (Å²) >= 11 is 0. The van der Waals surface area contributed by atoms with E-state index in [0.717, 1.165) is 19.3 Å². The van der Waals surface area contributed by atoms with Gasteiger partial charge in [0.2, 0.25) is 0 Å². The van der Waals surface area contributed by atoms with Crippen molar-refractivity contribution in [1.29, 1.82) is 0 Å².